The number of ketones is 1. The molecule has 1 aromatic heterocycles. The number of carbonyl (C=O) groups excluding carboxylic acids is 3. The van der Waals surface area contributed by atoms with Gasteiger partial charge in [-0.1, -0.05) is 40.0 Å². The van der Waals surface area contributed by atoms with Crippen LogP contribution >= 0.6 is 0 Å². The molecule has 3 aliphatic carbocycles. The Hall–Kier alpha value is -2.23. The van der Waals surface area contributed by atoms with E-state index in [4.69, 9.17) is 23.4 Å². The minimum Gasteiger partial charge on any atom is -0.472 e. The molecule has 7 aliphatic rings. The third-order valence-corrected chi connectivity index (χ3v) is 13.7. The average molecular weight is 611 g/mol. The van der Waals surface area contributed by atoms with Crippen molar-refractivity contribution in [3.8, 4) is 0 Å². The maximum atomic E-state index is 15.2. The molecular formula is C35H46O9. The summed E-state index contributed by atoms with van der Waals surface area (Å²) in [6.45, 7) is 8.53. The smallest absolute Gasteiger partial charge is 0.339 e. The number of aliphatic hydroxyl groups is 1. The van der Waals surface area contributed by atoms with Crippen molar-refractivity contribution in [2.24, 2.45) is 39.9 Å². The third kappa shape index (κ3) is 3.29. The molecule has 5 heterocycles. The minimum atomic E-state index is -1.34. The van der Waals surface area contributed by atoms with Crippen LogP contribution in [-0.4, -0.2) is 58.9 Å². The topological polar surface area (TPSA) is 125 Å². The molecule has 7 fully saturated rings. The Labute approximate surface area is 258 Å². The maximum absolute atomic E-state index is 15.2. The molecule has 11 unspecified atom stereocenters. The van der Waals surface area contributed by atoms with Crippen molar-refractivity contribution in [3.05, 3.63) is 24.2 Å². The summed E-state index contributed by atoms with van der Waals surface area (Å²) in [6.07, 6.45) is 7.55. The van der Waals surface area contributed by atoms with Crippen LogP contribution in [0.1, 0.15) is 104 Å². The molecule has 11 atom stereocenters. The number of carbonyl (C=O) groups is 3. The van der Waals surface area contributed by atoms with Gasteiger partial charge in [0.2, 0.25) is 0 Å². The lowest BCUT2D eigenvalue weighted by Crippen LogP contribution is -2.79. The number of hydrogen-bond acceptors (Lipinski definition) is 9. The van der Waals surface area contributed by atoms with Crippen LogP contribution in [0.15, 0.2) is 23.0 Å². The van der Waals surface area contributed by atoms with Gasteiger partial charge < -0.3 is 28.5 Å². The highest BCUT2D eigenvalue weighted by molar-refractivity contribution is 5.92. The van der Waals surface area contributed by atoms with Crippen molar-refractivity contribution >= 4 is 17.7 Å². The largest absolute Gasteiger partial charge is 0.472 e. The lowest BCUT2D eigenvalue weighted by Gasteiger charge is -2.70. The Morgan fingerprint density at radius 2 is 1.80 bits per heavy atom. The number of epoxide rings is 1. The molecule has 4 saturated heterocycles. The van der Waals surface area contributed by atoms with Crippen molar-refractivity contribution < 1.29 is 42.9 Å². The summed E-state index contributed by atoms with van der Waals surface area (Å²) in [6, 6.07) is 1.83. The number of Topliss-reactive ketones (excluding diaryl/α,β-unsaturated/α-hetero) is 1. The number of rotatable bonds is 5. The van der Waals surface area contributed by atoms with Gasteiger partial charge in [0.1, 0.15) is 24.4 Å². The fraction of sp³-hybridized carbons (Fsp3) is 0.800. The molecule has 240 valence electrons. The van der Waals surface area contributed by atoms with Gasteiger partial charge in [0.25, 0.3) is 0 Å². The molecule has 2 spiro atoms. The van der Waals surface area contributed by atoms with Crippen LogP contribution in [0.25, 0.3) is 0 Å². The first-order valence-corrected chi connectivity index (χ1v) is 16.9. The van der Waals surface area contributed by atoms with Gasteiger partial charge in [-0.2, -0.15) is 0 Å². The summed E-state index contributed by atoms with van der Waals surface area (Å²) in [5.74, 6) is -1.50. The third-order valence-electron chi connectivity index (χ3n) is 13.7. The molecule has 8 rings (SSSR count). The second-order valence-corrected chi connectivity index (χ2v) is 16.0. The zero-order valence-electron chi connectivity index (χ0n) is 26.3. The summed E-state index contributed by atoms with van der Waals surface area (Å²) in [7, 11) is 0. The van der Waals surface area contributed by atoms with Gasteiger partial charge in [-0.25, -0.2) is 4.79 Å². The van der Waals surface area contributed by atoms with E-state index in [0.29, 0.717) is 25.2 Å². The van der Waals surface area contributed by atoms with Gasteiger partial charge in [0, 0.05) is 21.8 Å². The van der Waals surface area contributed by atoms with Gasteiger partial charge in [-0.15, -0.1) is 0 Å². The first-order valence-electron chi connectivity index (χ1n) is 16.9. The van der Waals surface area contributed by atoms with Crippen molar-refractivity contribution in [1.29, 1.82) is 0 Å². The van der Waals surface area contributed by atoms with Crippen LogP contribution in [0.4, 0.5) is 0 Å². The molecule has 0 radical (unpaired) electrons. The number of hydrogen-bond donors (Lipinski definition) is 1. The first-order chi connectivity index (χ1) is 21.0. The van der Waals surface area contributed by atoms with Gasteiger partial charge >= 0.3 is 11.9 Å². The highest BCUT2D eigenvalue weighted by Gasteiger charge is 2.92. The van der Waals surface area contributed by atoms with Gasteiger partial charge in [-0.05, 0) is 69.3 Å². The second kappa shape index (κ2) is 9.41. The van der Waals surface area contributed by atoms with Crippen LogP contribution in [0.2, 0.25) is 0 Å². The molecule has 44 heavy (non-hydrogen) atoms. The van der Waals surface area contributed by atoms with Crippen LogP contribution in [-0.2, 0) is 33.3 Å². The van der Waals surface area contributed by atoms with Crippen LogP contribution in [0.3, 0.4) is 0 Å². The quantitative estimate of drug-likeness (QED) is 0.359. The number of furan rings is 1. The van der Waals surface area contributed by atoms with E-state index in [1.165, 1.54) is 0 Å². The molecule has 3 saturated carbocycles. The Kier molecular flexibility index (Phi) is 6.24. The summed E-state index contributed by atoms with van der Waals surface area (Å²) in [5.41, 5.74) is -3.78. The Balaban J connectivity index is 1.36. The van der Waals surface area contributed by atoms with Gasteiger partial charge in [0.15, 0.2) is 11.9 Å². The van der Waals surface area contributed by atoms with E-state index in [0.717, 1.165) is 44.1 Å². The zero-order valence-corrected chi connectivity index (χ0v) is 26.3. The van der Waals surface area contributed by atoms with Crippen molar-refractivity contribution in [2.75, 3.05) is 6.61 Å². The number of ether oxygens (including phenoxy) is 4. The van der Waals surface area contributed by atoms with E-state index >= 15 is 4.79 Å². The molecule has 0 aromatic carbocycles. The predicted molar refractivity (Wildman–Crippen MR) is 155 cm³/mol. The van der Waals surface area contributed by atoms with Gasteiger partial charge in [-0.3, -0.25) is 9.59 Å². The van der Waals surface area contributed by atoms with Crippen LogP contribution in [0, 0.1) is 39.9 Å². The first kappa shape index (κ1) is 29.2. The van der Waals surface area contributed by atoms with E-state index < -0.39 is 63.8 Å². The summed E-state index contributed by atoms with van der Waals surface area (Å²) >= 11 is 0. The van der Waals surface area contributed by atoms with E-state index in [1.807, 2.05) is 13.0 Å². The number of aliphatic hydroxyl groups excluding tert-OH is 1. The lowest BCUT2D eigenvalue weighted by atomic mass is 9.33. The number of fused-ring (bicyclic) bond motifs is 1. The zero-order chi connectivity index (χ0) is 30.9. The highest BCUT2D eigenvalue weighted by atomic mass is 16.7. The predicted octanol–water partition coefficient (Wildman–Crippen LogP) is 5.08. The molecule has 9 nitrogen and oxygen atoms in total. The van der Waals surface area contributed by atoms with Gasteiger partial charge in [0.05, 0.1) is 36.6 Å². The molecule has 1 N–H and O–H groups in total. The average Bonchev–Trinajstić information content (AvgIpc) is 3.43. The highest BCUT2D eigenvalue weighted by Crippen LogP contribution is 2.82. The Bertz CT molecular complexity index is 1370. The molecule has 1 aromatic rings. The van der Waals surface area contributed by atoms with Crippen molar-refractivity contribution in [3.63, 3.8) is 0 Å². The number of cyclic esters (lactones) is 2. The summed E-state index contributed by atoms with van der Waals surface area (Å²) in [4.78, 5) is 41.8. The van der Waals surface area contributed by atoms with E-state index in [-0.39, 0.29) is 36.6 Å². The van der Waals surface area contributed by atoms with Crippen molar-refractivity contribution in [2.45, 2.75) is 128 Å². The minimum absolute atomic E-state index is 0.0446. The standard InChI is InChI=1S/C35H46O9/c1-19(2)10-14-32(4)26-25(37)27(38)34(21-8-6-5-7-9-21)22(33(26)18-41-24(36)16-23(33)43-32)11-13-31(3)28(20-12-15-40-17-20)42-30(39)29-35(31,34)44-29/h12,15,17,19,21-23,26-29,38H,5-11,13-14,16,18H2,1-4H3. The fourth-order valence-corrected chi connectivity index (χ4v) is 12.1. The van der Waals surface area contributed by atoms with Crippen LogP contribution < -0.4 is 0 Å². The summed E-state index contributed by atoms with van der Waals surface area (Å²) in [5, 5.41) is 12.9. The normalized spacial score (nSPS) is 49.7. The Morgan fingerprint density at radius 1 is 1.02 bits per heavy atom. The summed E-state index contributed by atoms with van der Waals surface area (Å²) < 4.78 is 31.3. The Morgan fingerprint density at radius 3 is 2.50 bits per heavy atom. The maximum Gasteiger partial charge on any atom is 0.339 e. The molecule has 9 heteroatoms. The van der Waals surface area contributed by atoms with E-state index in [1.54, 1.807) is 12.5 Å². The molecule has 0 bridgehead atoms. The molecule has 0 amide bonds. The van der Waals surface area contributed by atoms with Crippen LogP contribution in [0.5, 0.6) is 0 Å². The monoisotopic (exact) mass is 610 g/mol. The van der Waals surface area contributed by atoms with E-state index in [2.05, 4.69) is 20.8 Å². The molecular weight excluding hydrogens is 564 g/mol. The van der Waals surface area contributed by atoms with Crippen molar-refractivity contribution in [1.82, 2.24) is 0 Å². The number of esters is 2. The SMILES string of the molecule is CC(C)CCC1(C)OC2CC(=O)OCC23C1C(=O)C(O)C1(C2CCCCC2)C3CCC2(C)C(c3ccoc3)OC(=O)C3OC321. The molecule has 4 aliphatic heterocycles. The second-order valence-electron chi connectivity index (χ2n) is 16.0. The van der Waals surface area contributed by atoms with E-state index in [9.17, 15) is 14.7 Å². The lowest BCUT2D eigenvalue weighted by molar-refractivity contribution is -0.275. The fourth-order valence-electron chi connectivity index (χ4n) is 12.1.